The third kappa shape index (κ3) is 3.90. The van der Waals surface area contributed by atoms with Gasteiger partial charge < -0.3 is 18.6 Å². The maximum Gasteiger partial charge on any atom is 0.329 e. The van der Waals surface area contributed by atoms with Crippen LogP contribution >= 0.6 is 0 Å². The van der Waals surface area contributed by atoms with Crippen LogP contribution < -0.4 is 0 Å². The Kier molecular flexibility index (Phi) is 5.24. The molecule has 1 saturated heterocycles. The van der Waals surface area contributed by atoms with Gasteiger partial charge in [0.05, 0.1) is 11.2 Å². The third-order valence-corrected chi connectivity index (χ3v) is 4.66. The van der Waals surface area contributed by atoms with Crippen molar-refractivity contribution in [2.24, 2.45) is 0 Å². The van der Waals surface area contributed by atoms with Crippen LogP contribution in [0.15, 0.2) is 51.6 Å². The van der Waals surface area contributed by atoms with Crippen molar-refractivity contribution in [2.75, 3.05) is 6.54 Å². The van der Waals surface area contributed by atoms with Crippen LogP contribution in [0.1, 0.15) is 29.3 Å². The average molecular weight is 412 g/mol. The second-order valence-corrected chi connectivity index (χ2v) is 6.56. The molecule has 3 aromatic rings. The van der Waals surface area contributed by atoms with Gasteiger partial charge in [0.1, 0.15) is 6.04 Å². The van der Waals surface area contributed by atoms with Gasteiger partial charge in [-0.3, -0.25) is 14.9 Å². The quantitative estimate of drug-likeness (QED) is 0.339. The van der Waals surface area contributed by atoms with Crippen molar-refractivity contribution in [1.29, 1.82) is 0 Å². The van der Waals surface area contributed by atoms with Crippen LogP contribution in [0.3, 0.4) is 0 Å². The summed E-state index contributed by atoms with van der Waals surface area (Å²) in [5, 5.41) is 14.5. The van der Waals surface area contributed by atoms with Crippen molar-refractivity contribution < 1.29 is 28.2 Å². The zero-order valence-electron chi connectivity index (χ0n) is 15.6. The predicted octanol–water partition coefficient (Wildman–Crippen LogP) is 2.59. The van der Waals surface area contributed by atoms with Gasteiger partial charge in [0, 0.05) is 24.2 Å². The molecule has 30 heavy (non-hydrogen) atoms. The Morgan fingerprint density at radius 2 is 2.07 bits per heavy atom. The van der Waals surface area contributed by atoms with E-state index in [0.29, 0.717) is 24.9 Å². The van der Waals surface area contributed by atoms with Gasteiger partial charge in [0.15, 0.2) is 12.4 Å². The number of hydrogen-bond donors (Lipinski definition) is 0. The van der Waals surface area contributed by atoms with Crippen LogP contribution in [0.4, 0.5) is 5.69 Å². The molecule has 0 spiro atoms. The van der Waals surface area contributed by atoms with E-state index in [1.165, 1.54) is 35.4 Å². The summed E-state index contributed by atoms with van der Waals surface area (Å²) in [6, 6.07) is 8.09. The highest BCUT2D eigenvalue weighted by atomic mass is 16.6. The van der Waals surface area contributed by atoms with Crippen molar-refractivity contribution in [3.63, 3.8) is 0 Å². The molecule has 0 unspecified atom stereocenters. The molecule has 3 heterocycles. The zero-order valence-corrected chi connectivity index (χ0v) is 15.6. The number of non-ortho nitro benzene ring substituents is 1. The lowest BCUT2D eigenvalue weighted by Gasteiger charge is -2.21. The lowest BCUT2D eigenvalue weighted by atomic mass is 10.2. The number of rotatable bonds is 6. The number of likely N-dealkylation sites (tertiary alicyclic amines) is 1. The van der Waals surface area contributed by atoms with E-state index in [4.69, 9.17) is 13.7 Å². The highest BCUT2D eigenvalue weighted by molar-refractivity contribution is 5.94. The van der Waals surface area contributed by atoms with E-state index in [-0.39, 0.29) is 35.7 Å². The lowest BCUT2D eigenvalue weighted by molar-refractivity contribution is -0.384. The monoisotopic (exact) mass is 412 g/mol. The second-order valence-electron chi connectivity index (χ2n) is 6.56. The highest BCUT2D eigenvalue weighted by Gasteiger charge is 2.36. The Labute approximate surface area is 169 Å². The minimum absolute atomic E-state index is 0.0541. The van der Waals surface area contributed by atoms with Gasteiger partial charge >= 0.3 is 5.97 Å². The van der Waals surface area contributed by atoms with Crippen LogP contribution in [-0.4, -0.2) is 44.4 Å². The fourth-order valence-corrected chi connectivity index (χ4v) is 3.19. The first-order chi connectivity index (χ1) is 14.5. The smallest absolute Gasteiger partial charge is 0.329 e. The number of carbonyl (C=O) groups is 2. The summed E-state index contributed by atoms with van der Waals surface area (Å²) in [5.74, 6) is -0.482. The predicted molar refractivity (Wildman–Crippen MR) is 99.0 cm³/mol. The maximum absolute atomic E-state index is 12.5. The highest BCUT2D eigenvalue weighted by Crippen LogP contribution is 2.23. The average Bonchev–Trinajstić information content (AvgIpc) is 3.53. The van der Waals surface area contributed by atoms with Gasteiger partial charge in [-0.25, -0.2) is 4.79 Å². The molecule has 1 fully saturated rings. The van der Waals surface area contributed by atoms with Crippen LogP contribution in [0, 0.1) is 10.1 Å². The summed E-state index contributed by atoms with van der Waals surface area (Å²) in [7, 11) is 0. The largest absolute Gasteiger partial charge is 0.459 e. The summed E-state index contributed by atoms with van der Waals surface area (Å²) in [6.45, 7) is 0.183. The molecule has 1 aliphatic rings. The van der Waals surface area contributed by atoms with Gasteiger partial charge in [-0.05, 0) is 37.1 Å². The fourth-order valence-electron chi connectivity index (χ4n) is 3.19. The number of aromatic nitrogens is 2. The van der Waals surface area contributed by atoms with Gasteiger partial charge in [-0.15, -0.1) is 0 Å². The normalized spacial score (nSPS) is 15.9. The molecule has 0 N–H and O–H groups in total. The number of nitro groups is 1. The first-order valence-electron chi connectivity index (χ1n) is 9.11. The molecule has 0 radical (unpaired) electrons. The number of nitro benzene ring substituents is 1. The molecule has 2 aromatic heterocycles. The topological polar surface area (TPSA) is 142 Å². The van der Waals surface area contributed by atoms with E-state index in [2.05, 4.69) is 10.1 Å². The Morgan fingerprint density at radius 3 is 2.77 bits per heavy atom. The van der Waals surface area contributed by atoms with Crippen molar-refractivity contribution in [2.45, 2.75) is 25.5 Å². The molecule has 11 heteroatoms. The van der Waals surface area contributed by atoms with Gasteiger partial charge in [-0.2, -0.15) is 4.98 Å². The van der Waals surface area contributed by atoms with Crippen LogP contribution in [-0.2, 0) is 16.1 Å². The molecular weight excluding hydrogens is 396 g/mol. The molecule has 0 aliphatic carbocycles. The molecule has 154 valence electrons. The molecule has 1 amide bonds. The molecule has 0 saturated carbocycles. The van der Waals surface area contributed by atoms with Crippen LogP contribution in [0.5, 0.6) is 0 Å². The van der Waals surface area contributed by atoms with E-state index >= 15 is 0 Å². The number of amides is 1. The SMILES string of the molecule is O=C(OCc1nc(-c2ccc([N+](=O)[O-])cc2)no1)[C@@H]1CCCN1C(=O)c1ccco1. The fraction of sp³-hybridized carbons (Fsp3) is 0.263. The first-order valence-corrected chi connectivity index (χ1v) is 9.11. The molecule has 1 aromatic carbocycles. The number of ether oxygens (including phenoxy) is 1. The van der Waals surface area contributed by atoms with Crippen molar-refractivity contribution in [3.8, 4) is 11.4 Å². The Balaban J connectivity index is 1.37. The van der Waals surface area contributed by atoms with Crippen molar-refractivity contribution in [1.82, 2.24) is 15.0 Å². The van der Waals surface area contributed by atoms with E-state index < -0.39 is 16.9 Å². The van der Waals surface area contributed by atoms with Gasteiger partial charge in [0.25, 0.3) is 17.5 Å². The zero-order chi connectivity index (χ0) is 21.1. The van der Waals surface area contributed by atoms with Crippen molar-refractivity contribution in [3.05, 3.63) is 64.4 Å². The molecule has 4 rings (SSSR count). The number of furan rings is 1. The standard InChI is InChI=1S/C19H16N4O7/c24-18(15-4-2-10-28-15)22-9-1-3-14(22)19(25)29-11-16-20-17(21-30-16)12-5-7-13(8-6-12)23(26)27/h2,4-8,10,14H,1,3,9,11H2/t14-/m0/s1. The van der Waals surface area contributed by atoms with E-state index in [0.717, 1.165) is 0 Å². The first kappa shape index (κ1) is 19.3. The summed E-state index contributed by atoms with van der Waals surface area (Å²) in [5.41, 5.74) is 0.467. The maximum atomic E-state index is 12.5. The summed E-state index contributed by atoms with van der Waals surface area (Å²) in [4.78, 5) is 40.7. The molecule has 1 aliphatic heterocycles. The minimum Gasteiger partial charge on any atom is -0.459 e. The van der Waals surface area contributed by atoms with Gasteiger partial charge in [0.2, 0.25) is 5.82 Å². The molecule has 0 bridgehead atoms. The Hall–Kier alpha value is -4.02. The lowest BCUT2D eigenvalue weighted by Crippen LogP contribution is -2.41. The minimum atomic E-state index is -0.709. The molecule has 11 nitrogen and oxygen atoms in total. The number of nitrogens with zero attached hydrogens (tertiary/aromatic N) is 4. The Morgan fingerprint density at radius 1 is 1.27 bits per heavy atom. The van der Waals surface area contributed by atoms with Crippen LogP contribution in [0.25, 0.3) is 11.4 Å². The summed E-state index contributed by atoms with van der Waals surface area (Å²) >= 11 is 0. The molecule has 1 atom stereocenters. The Bertz CT molecular complexity index is 1060. The summed E-state index contributed by atoms with van der Waals surface area (Å²) < 4.78 is 15.5. The third-order valence-electron chi connectivity index (χ3n) is 4.66. The van der Waals surface area contributed by atoms with E-state index in [1.807, 2.05) is 0 Å². The number of carbonyl (C=O) groups excluding carboxylic acids is 2. The summed E-state index contributed by atoms with van der Waals surface area (Å²) in [6.07, 6.45) is 2.56. The number of hydrogen-bond acceptors (Lipinski definition) is 9. The van der Waals surface area contributed by atoms with Crippen LogP contribution in [0.2, 0.25) is 0 Å². The molecular formula is C19H16N4O7. The van der Waals surface area contributed by atoms with Gasteiger partial charge in [-0.1, -0.05) is 5.16 Å². The van der Waals surface area contributed by atoms with Crippen molar-refractivity contribution >= 4 is 17.6 Å². The number of esters is 1. The van der Waals surface area contributed by atoms with E-state index in [1.54, 1.807) is 12.1 Å². The number of benzene rings is 1. The second kappa shape index (κ2) is 8.15. The van der Waals surface area contributed by atoms with E-state index in [9.17, 15) is 19.7 Å².